The molecule has 0 amide bonds. The van der Waals surface area contributed by atoms with Gasteiger partial charge in [-0.2, -0.15) is 0 Å². The monoisotopic (exact) mass is 458 g/mol. The zero-order valence-corrected chi connectivity index (χ0v) is 21.4. The van der Waals surface area contributed by atoms with Gasteiger partial charge in [-0.1, -0.05) is 26.7 Å². The minimum atomic E-state index is -0.138. The molecular formula is C29H50N2O2. The first-order valence-corrected chi connectivity index (χ1v) is 14.8. The van der Waals surface area contributed by atoms with Crippen molar-refractivity contribution >= 4 is 0 Å². The lowest BCUT2D eigenvalue weighted by molar-refractivity contribution is -0.154. The molecule has 10 atom stereocenters. The number of piperidine rings is 2. The third-order valence-corrected chi connectivity index (χ3v) is 12.4. The Morgan fingerprint density at radius 1 is 0.667 bits per heavy atom. The second-order valence-electron chi connectivity index (χ2n) is 13.7. The van der Waals surface area contributed by atoms with E-state index in [1.807, 2.05) is 0 Å². The number of rotatable bonds is 2. The number of nitrogens with zero attached hydrogens (tertiary/aromatic N) is 2. The average Bonchev–Trinajstić information content (AvgIpc) is 3.11. The fourth-order valence-corrected chi connectivity index (χ4v) is 10.5. The van der Waals surface area contributed by atoms with Gasteiger partial charge in [-0.05, 0) is 131 Å². The van der Waals surface area contributed by atoms with E-state index in [2.05, 4.69) is 23.6 Å². The predicted molar refractivity (Wildman–Crippen MR) is 133 cm³/mol. The molecule has 2 aliphatic heterocycles. The summed E-state index contributed by atoms with van der Waals surface area (Å²) in [5.41, 5.74) is 0.493. The van der Waals surface area contributed by atoms with Crippen molar-refractivity contribution in [3.8, 4) is 0 Å². The summed E-state index contributed by atoms with van der Waals surface area (Å²) in [7, 11) is 0. The number of fused-ring (bicyclic) bond motifs is 5. The summed E-state index contributed by atoms with van der Waals surface area (Å²) in [5, 5.41) is 22.8. The van der Waals surface area contributed by atoms with Crippen LogP contribution in [0.2, 0.25) is 0 Å². The molecule has 2 saturated heterocycles. The van der Waals surface area contributed by atoms with Gasteiger partial charge in [-0.3, -0.25) is 9.80 Å². The van der Waals surface area contributed by atoms with Crippen molar-refractivity contribution < 1.29 is 10.2 Å². The SMILES string of the molecule is C[C@]12C[C@H](N3CCCCC3)[C@H](O)C[C@@H]1CC[C@@H]1[C@@H]2CC[C@]2(C)[C@H](O)[C@@H](N3CCCCC3)C[C@@H]12. The molecule has 2 heterocycles. The van der Waals surface area contributed by atoms with Crippen LogP contribution in [-0.2, 0) is 0 Å². The van der Waals surface area contributed by atoms with Gasteiger partial charge in [0.15, 0.2) is 0 Å². The van der Waals surface area contributed by atoms with Gasteiger partial charge < -0.3 is 10.2 Å². The number of likely N-dealkylation sites (tertiary alicyclic amines) is 2. The quantitative estimate of drug-likeness (QED) is 0.631. The number of hydrogen-bond acceptors (Lipinski definition) is 4. The number of aliphatic hydroxyl groups is 2. The van der Waals surface area contributed by atoms with E-state index in [9.17, 15) is 10.2 Å². The molecule has 33 heavy (non-hydrogen) atoms. The molecule has 188 valence electrons. The molecule has 0 aromatic rings. The van der Waals surface area contributed by atoms with Crippen LogP contribution in [0.15, 0.2) is 0 Å². The fraction of sp³-hybridized carbons (Fsp3) is 1.00. The van der Waals surface area contributed by atoms with Crippen molar-refractivity contribution in [3.05, 3.63) is 0 Å². The molecule has 0 bridgehead atoms. The van der Waals surface area contributed by atoms with E-state index < -0.39 is 0 Å². The number of hydrogen-bond donors (Lipinski definition) is 2. The average molecular weight is 459 g/mol. The van der Waals surface area contributed by atoms with Crippen LogP contribution in [0.1, 0.15) is 97.3 Å². The van der Waals surface area contributed by atoms with Gasteiger partial charge in [0, 0.05) is 12.1 Å². The summed E-state index contributed by atoms with van der Waals surface area (Å²) in [6.45, 7) is 9.88. The Morgan fingerprint density at radius 3 is 1.97 bits per heavy atom. The summed E-state index contributed by atoms with van der Waals surface area (Å²) in [4.78, 5) is 5.33. The van der Waals surface area contributed by atoms with Crippen molar-refractivity contribution in [2.45, 2.75) is 122 Å². The molecule has 6 aliphatic rings. The molecule has 6 fully saturated rings. The van der Waals surface area contributed by atoms with Gasteiger partial charge in [-0.25, -0.2) is 0 Å². The fourth-order valence-electron chi connectivity index (χ4n) is 10.5. The highest BCUT2D eigenvalue weighted by molar-refractivity contribution is 5.14. The lowest BCUT2D eigenvalue weighted by atomic mass is 9.44. The molecule has 2 N–H and O–H groups in total. The van der Waals surface area contributed by atoms with Crippen LogP contribution in [0.5, 0.6) is 0 Å². The van der Waals surface area contributed by atoms with Gasteiger partial charge in [-0.15, -0.1) is 0 Å². The Labute approximate surface area is 202 Å². The number of aliphatic hydroxyl groups excluding tert-OH is 2. The van der Waals surface area contributed by atoms with Crippen molar-refractivity contribution in [2.24, 2.45) is 34.5 Å². The maximum Gasteiger partial charge on any atom is 0.0751 e. The zero-order valence-electron chi connectivity index (χ0n) is 21.4. The highest BCUT2D eigenvalue weighted by Crippen LogP contribution is 2.66. The van der Waals surface area contributed by atoms with Crippen molar-refractivity contribution in [1.82, 2.24) is 9.80 Å². The molecule has 4 heteroatoms. The summed E-state index contributed by atoms with van der Waals surface area (Å²) in [6.07, 6.45) is 16.4. The van der Waals surface area contributed by atoms with Crippen LogP contribution in [0.25, 0.3) is 0 Å². The summed E-state index contributed by atoms with van der Waals surface area (Å²) in [6, 6.07) is 0.785. The zero-order chi connectivity index (χ0) is 22.8. The summed E-state index contributed by atoms with van der Waals surface area (Å²) >= 11 is 0. The summed E-state index contributed by atoms with van der Waals surface area (Å²) < 4.78 is 0. The highest BCUT2D eigenvalue weighted by atomic mass is 16.3. The predicted octanol–water partition coefficient (Wildman–Crippen LogP) is 4.68. The highest BCUT2D eigenvalue weighted by Gasteiger charge is 2.63. The van der Waals surface area contributed by atoms with E-state index in [-0.39, 0.29) is 17.6 Å². The minimum Gasteiger partial charge on any atom is -0.391 e. The molecule has 0 aromatic heterocycles. The molecule has 0 unspecified atom stereocenters. The normalized spacial score (nSPS) is 53.8. The maximum absolute atomic E-state index is 11.6. The van der Waals surface area contributed by atoms with Crippen LogP contribution in [-0.4, -0.2) is 70.5 Å². The molecule has 4 saturated carbocycles. The van der Waals surface area contributed by atoms with E-state index >= 15 is 0 Å². The topological polar surface area (TPSA) is 46.9 Å². The van der Waals surface area contributed by atoms with Crippen LogP contribution in [0, 0.1) is 34.5 Å². The van der Waals surface area contributed by atoms with Crippen LogP contribution >= 0.6 is 0 Å². The van der Waals surface area contributed by atoms with Gasteiger partial charge in [0.1, 0.15) is 0 Å². The van der Waals surface area contributed by atoms with E-state index in [1.165, 1.54) is 103 Å². The maximum atomic E-state index is 11.6. The Balaban J connectivity index is 1.24. The van der Waals surface area contributed by atoms with Gasteiger partial charge in [0.2, 0.25) is 0 Å². The Bertz CT molecular complexity index is 704. The van der Waals surface area contributed by atoms with Crippen LogP contribution in [0.3, 0.4) is 0 Å². The smallest absolute Gasteiger partial charge is 0.0751 e. The largest absolute Gasteiger partial charge is 0.391 e. The van der Waals surface area contributed by atoms with Crippen LogP contribution in [0.4, 0.5) is 0 Å². The molecule has 0 spiro atoms. The molecule has 4 aliphatic carbocycles. The van der Waals surface area contributed by atoms with Crippen molar-refractivity contribution in [3.63, 3.8) is 0 Å². The Morgan fingerprint density at radius 2 is 1.30 bits per heavy atom. The lowest BCUT2D eigenvalue weighted by Crippen LogP contribution is -2.60. The first-order valence-electron chi connectivity index (χ1n) is 14.8. The lowest BCUT2D eigenvalue weighted by Gasteiger charge is -2.62. The Hall–Kier alpha value is -0.160. The van der Waals surface area contributed by atoms with E-state index in [4.69, 9.17) is 0 Å². The van der Waals surface area contributed by atoms with E-state index in [1.54, 1.807) is 0 Å². The third kappa shape index (κ3) is 3.67. The molecule has 6 rings (SSSR count). The Kier molecular flexibility index (Phi) is 6.16. The molecule has 0 radical (unpaired) electrons. The summed E-state index contributed by atoms with van der Waals surface area (Å²) in [5.74, 6) is 2.97. The van der Waals surface area contributed by atoms with Crippen molar-refractivity contribution in [1.29, 1.82) is 0 Å². The third-order valence-electron chi connectivity index (χ3n) is 12.4. The van der Waals surface area contributed by atoms with Gasteiger partial charge in [0.25, 0.3) is 0 Å². The first kappa shape index (κ1) is 23.3. The molecule has 4 nitrogen and oxygen atoms in total. The van der Waals surface area contributed by atoms with Crippen LogP contribution < -0.4 is 0 Å². The second kappa shape index (κ2) is 8.75. The van der Waals surface area contributed by atoms with Crippen molar-refractivity contribution in [2.75, 3.05) is 26.2 Å². The van der Waals surface area contributed by atoms with E-state index in [0.717, 1.165) is 18.3 Å². The molecular weight excluding hydrogens is 408 g/mol. The van der Waals surface area contributed by atoms with Gasteiger partial charge >= 0.3 is 0 Å². The standard InChI is InChI=1S/C29H50N2O2/c1-28-12-11-22-21(23(28)18-24(27(28)33)30-13-5-3-6-14-30)10-9-20-17-26(32)25(19-29(20,22)2)31-15-7-4-8-16-31/h20-27,32-33H,3-19H2,1-2H3/t20-,21+,22-,23-,24-,25-,26+,27+,28-,29-/m0/s1. The molecule has 0 aromatic carbocycles. The van der Waals surface area contributed by atoms with Gasteiger partial charge in [0.05, 0.1) is 12.2 Å². The second-order valence-corrected chi connectivity index (χ2v) is 13.7. The first-order chi connectivity index (χ1) is 15.9. The van der Waals surface area contributed by atoms with E-state index in [0.29, 0.717) is 29.3 Å². The minimum absolute atomic E-state index is 0.118.